The van der Waals surface area contributed by atoms with Crippen LogP contribution in [0.1, 0.15) is 23.7 Å². The lowest BCUT2D eigenvalue weighted by molar-refractivity contribution is 0.0987. The van der Waals surface area contributed by atoms with Crippen LogP contribution in [0.25, 0.3) is 0 Å². The fourth-order valence-corrected chi connectivity index (χ4v) is 2.81. The second-order valence-electron chi connectivity index (χ2n) is 5.50. The summed E-state index contributed by atoms with van der Waals surface area (Å²) in [5.41, 5.74) is 1.27. The van der Waals surface area contributed by atoms with E-state index in [0.29, 0.717) is 36.2 Å². The van der Waals surface area contributed by atoms with E-state index >= 15 is 0 Å². The molecule has 24 heavy (non-hydrogen) atoms. The van der Waals surface area contributed by atoms with E-state index in [4.69, 9.17) is 21.1 Å². The van der Waals surface area contributed by atoms with Crippen molar-refractivity contribution in [3.05, 3.63) is 53.2 Å². The van der Waals surface area contributed by atoms with Crippen molar-refractivity contribution in [1.29, 1.82) is 0 Å². The molecule has 2 heterocycles. The van der Waals surface area contributed by atoms with Gasteiger partial charge in [-0.2, -0.15) is 0 Å². The van der Waals surface area contributed by atoms with Gasteiger partial charge in [-0.1, -0.05) is 29.8 Å². The number of anilines is 1. The predicted octanol–water partition coefficient (Wildman–Crippen LogP) is 3.57. The van der Waals surface area contributed by atoms with Crippen molar-refractivity contribution in [2.75, 3.05) is 24.7 Å². The molecule has 0 spiro atoms. The third-order valence-corrected chi connectivity index (χ3v) is 4.12. The van der Waals surface area contributed by atoms with Gasteiger partial charge in [-0.3, -0.25) is 4.79 Å². The van der Waals surface area contributed by atoms with Crippen LogP contribution < -0.4 is 9.64 Å². The number of pyridine rings is 1. The number of nitrogens with zero attached hydrogens (tertiary/aromatic N) is 2. The van der Waals surface area contributed by atoms with Gasteiger partial charge < -0.3 is 14.4 Å². The van der Waals surface area contributed by atoms with Crippen LogP contribution >= 0.6 is 11.6 Å². The summed E-state index contributed by atoms with van der Waals surface area (Å²) in [6, 6.07) is 11.1. The zero-order valence-electron chi connectivity index (χ0n) is 13.4. The number of carbonyl (C=O) groups is 1. The highest BCUT2D eigenvalue weighted by atomic mass is 35.5. The van der Waals surface area contributed by atoms with Gasteiger partial charge in [0.05, 0.1) is 18.8 Å². The molecule has 3 rings (SSSR count). The number of carbonyl (C=O) groups excluding carboxylic acids is 1. The van der Waals surface area contributed by atoms with Crippen molar-refractivity contribution in [3.8, 4) is 5.88 Å². The van der Waals surface area contributed by atoms with Gasteiger partial charge in [0.15, 0.2) is 0 Å². The molecular formula is C18H19ClN2O3. The first-order valence-corrected chi connectivity index (χ1v) is 8.33. The highest BCUT2D eigenvalue weighted by Crippen LogP contribution is 2.26. The lowest BCUT2D eigenvalue weighted by Crippen LogP contribution is -2.30. The Kier molecular flexibility index (Phi) is 5.33. The highest BCUT2D eigenvalue weighted by molar-refractivity contribution is 6.32. The van der Waals surface area contributed by atoms with E-state index in [1.54, 1.807) is 11.0 Å². The van der Waals surface area contributed by atoms with E-state index in [2.05, 4.69) is 4.98 Å². The molecule has 5 nitrogen and oxygen atoms in total. The van der Waals surface area contributed by atoms with Crippen molar-refractivity contribution in [2.45, 2.75) is 19.4 Å². The monoisotopic (exact) mass is 346 g/mol. The van der Waals surface area contributed by atoms with Crippen LogP contribution in [-0.2, 0) is 4.74 Å². The molecule has 1 aromatic heterocycles. The normalized spacial score (nSPS) is 16.8. The summed E-state index contributed by atoms with van der Waals surface area (Å²) in [5.74, 6) is 0.195. The number of rotatable bonds is 5. The van der Waals surface area contributed by atoms with E-state index in [1.807, 2.05) is 37.3 Å². The summed E-state index contributed by atoms with van der Waals surface area (Å²) in [4.78, 5) is 18.6. The van der Waals surface area contributed by atoms with Gasteiger partial charge in [0, 0.05) is 24.8 Å². The fraction of sp³-hybridized carbons (Fsp3) is 0.333. The Morgan fingerprint density at radius 3 is 2.83 bits per heavy atom. The van der Waals surface area contributed by atoms with Crippen molar-refractivity contribution in [3.63, 3.8) is 0 Å². The van der Waals surface area contributed by atoms with E-state index < -0.39 is 0 Å². The zero-order valence-corrected chi connectivity index (χ0v) is 14.2. The summed E-state index contributed by atoms with van der Waals surface area (Å²) in [6.45, 7) is 3.70. The quantitative estimate of drug-likeness (QED) is 0.830. The van der Waals surface area contributed by atoms with Crippen molar-refractivity contribution < 1.29 is 14.3 Å². The van der Waals surface area contributed by atoms with Gasteiger partial charge in [0.25, 0.3) is 5.91 Å². The van der Waals surface area contributed by atoms with Crippen LogP contribution in [0.2, 0.25) is 5.02 Å². The Balaban J connectivity index is 1.78. The maximum Gasteiger partial charge on any atom is 0.259 e. The largest absolute Gasteiger partial charge is 0.471 e. The number of aromatic nitrogens is 1. The first-order chi connectivity index (χ1) is 11.7. The molecule has 1 unspecified atom stereocenters. The van der Waals surface area contributed by atoms with Gasteiger partial charge in [-0.05, 0) is 25.1 Å². The van der Waals surface area contributed by atoms with Crippen LogP contribution in [0.15, 0.2) is 42.6 Å². The maximum atomic E-state index is 12.8. The molecule has 1 amide bonds. The van der Waals surface area contributed by atoms with Crippen molar-refractivity contribution in [1.82, 2.24) is 4.98 Å². The first kappa shape index (κ1) is 16.7. The molecule has 1 atom stereocenters. The molecule has 0 aliphatic carbocycles. The molecule has 0 N–H and O–H groups in total. The average molecular weight is 347 g/mol. The van der Waals surface area contributed by atoms with Gasteiger partial charge in [0.1, 0.15) is 11.1 Å². The topological polar surface area (TPSA) is 51.7 Å². The minimum Gasteiger partial charge on any atom is -0.471 e. The molecule has 0 radical (unpaired) electrons. The fourth-order valence-electron chi connectivity index (χ4n) is 2.60. The molecule has 1 saturated heterocycles. The Labute approximate surface area is 146 Å². The van der Waals surface area contributed by atoms with Gasteiger partial charge in [-0.15, -0.1) is 0 Å². The molecule has 0 saturated carbocycles. The molecule has 0 bridgehead atoms. The molecule has 1 aromatic carbocycles. The molecule has 2 aromatic rings. The van der Waals surface area contributed by atoms with Crippen LogP contribution in [0.4, 0.5) is 5.69 Å². The van der Waals surface area contributed by atoms with Gasteiger partial charge >= 0.3 is 0 Å². The van der Waals surface area contributed by atoms with Crippen LogP contribution in [0.5, 0.6) is 5.88 Å². The first-order valence-electron chi connectivity index (χ1n) is 7.96. The second-order valence-corrected chi connectivity index (χ2v) is 5.91. The van der Waals surface area contributed by atoms with Crippen LogP contribution in [0.3, 0.4) is 0 Å². The second kappa shape index (κ2) is 7.64. The number of hydrogen-bond acceptors (Lipinski definition) is 4. The number of hydrogen-bond donors (Lipinski definition) is 0. The smallest absolute Gasteiger partial charge is 0.259 e. The minimum atomic E-state index is -0.145. The summed E-state index contributed by atoms with van der Waals surface area (Å²) in [7, 11) is 0. The maximum absolute atomic E-state index is 12.8. The summed E-state index contributed by atoms with van der Waals surface area (Å²) in [6.07, 6.45) is 2.29. The van der Waals surface area contributed by atoms with E-state index in [1.165, 1.54) is 6.20 Å². The summed E-state index contributed by atoms with van der Waals surface area (Å²) >= 11 is 6.25. The number of amides is 1. The van der Waals surface area contributed by atoms with Crippen molar-refractivity contribution in [2.24, 2.45) is 0 Å². The van der Waals surface area contributed by atoms with Crippen LogP contribution in [-0.4, -0.2) is 36.8 Å². The lowest BCUT2D eigenvalue weighted by atomic mass is 10.2. The molecule has 1 fully saturated rings. The molecule has 6 heteroatoms. The number of benzene rings is 1. The average Bonchev–Trinajstić information content (AvgIpc) is 3.11. The van der Waals surface area contributed by atoms with E-state index in [-0.39, 0.29) is 12.0 Å². The number of ether oxygens (including phenoxy) is 2. The number of halogens is 1. The lowest BCUT2D eigenvalue weighted by Gasteiger charge is -2.21. The van der Waals surface area contributed by atoms with Crippen molar-refractivity contribution >= 4 is 23.2 Å². The summed E-state index contributed by atoms with van der Waals surface area (Å²) < 4.78 is 11.0. The Bertz CT molecular complexity index is 703. The molecule has 1 aliphatic heterocycles. The van der Waals surface area contributed by atoms with E-state index in [9.17, 15) is 4.79 Å². The van der Waals surface area contributed by atoms with E-state index in [0.717, 1.165) is 12.1 Å². The SMILES string of the molecule is CCN(C(=O)c1cnc(OC2CCOC2)c(Cl)c1)c1ccccc1. The molecular weight excluding hydrogens is 328 g/mol. The Hall–Kier alpha value is -2.11. The highest BCUT2D eigenvalue weighted by Gasteiger charge is 2.21. The number of para-hydroxylation sites is 1. The third kappa shape index (κ3) is 3.68. The zero-order chi connectivity index (χ0) is 16.9. The third-order valence-electron chi connectivity index (χ3n) is 3.85. The Morgan fingerprint density at radius 1 is 1.42 bits per heavy atom. The van der Waals surface area contributed by atoms with Crippen LogP contribution in [0, 0.1) is 0 Å². The van der Waals surface area contributed by atoms with Gasteiger partial charge in [-0.25, -0.2) is 4.98 Å². The minimum absolute atomic E-state index is 0.0342. The predicted molar refractivity (Wildman–Crippen MR) is 92.9 cm³/mol. The Morgan fingerprint density at radius 2 is 2.21 bits per heavy atom. The standard InChI is InChI=1S/C18H19ClN2O3/c1-2-21(14-6-4-3-5-7-14)18(22)13-10-16(19)17(20-11-13)24-15-8-9-23-12-15/h3-7,10-11,15H,2,8-9,12H2,1H3. The van der Waals surface area contributed by atoms with Gasteiger partial charge in [0.2, 0.25) is 5.88 Å². The molecule has 126 valence electrons. The summed E-state index contributed by atoms with van der Waals surface area (Å²) in [5, 5.41) is 0.330. The molecule has 1 aliphatic rings.